The first kappa shape index (κ1) is 12.3. The van der Waals surface area contributed by atoms with E-state index in [1.165, 1.54) is 7.05 Å². The zero-order valence-electron chi connectivity index (χ0n) is 4.57. The number of rotatable bonds is 0. The van der Waals surface area contributed by atoms with Gasteiger partial charge in [0.2, 0.25) is 3.79 Å². The molecule has 0 spiro atoms. The molecule has 0 atom stereocenters. The van der Waals surface area contributed by atoms with E-state index in [9.17, 15) is 0 Å². The van der Waals surface area contributed by atoms with E-state index in [0.717, 1.165) is 0 Å². The number of hydrogen-bond acceptors (Lipinski definition) is 1. The average molecular weight is 212 g/mol. The summed E-state index contributed by atoms with van der Waals surface area (Å²) in [6.07, 6.45) is 0. The van der Waals surface area contributed by atoms with E-state index in [1.54, 1.807) is 0 Å². The van der Waals surface area contributed by atoms with Crippen molar-refractivity contribution >= 4 is 53.0 Å². The predicted octanol–water partition coefficient (Wildman–Crippen LogP) is 1.77. The first-order valence-electron chi connectivity index (χ1n) is 1.78. The van der Waals surface area contributed by atoms with Crippen molar-refractivity contribution in [1.82, 2.24) is 0 Å². The second kappa shape index (κ2) is 4.45. The van der Waals surface area contributed by atoms with Crippen LogP contribution in [-0.2, 0) is 0 Å². The van der Waals surface area contributed by atoms with E-state index in [2.05, 4.69) is 4.99 Å². The van der Waals surface area contributed by atoms with Gasteiger partial charge in [-0.3, -0.25) is 4.99 Å². The van der Waals surface area contributed by atoms with Crippen molar-refractivity contribution in [2.45, 2.75) is 3.79 Å². The second-order valence-electron chi connectivity index (χ2n) is 1.11. The van der Waals surface area contributed by atoms with Crippen LogP contribution < -0.4 is 5.73 Å². The maximum absolute atomic E-state index is 5.26. The van der Waals surface area contributed by atoms with Crippen molar-refractivity contribution in [3.05, 3.63) is 0 Å². The Morgan fingerprint density at radius 1 is 1.44 bits per heavy atom. The molecule has 56 valence electrons. The van der Waals surface area contributed by atoms with Gasteiger partial charge in [0.05, 0.1) is 0 Å². The topological polar surface area (TPSA) is 38.4 Å². The van der Waals surface area contributed by atoms with Gasteiger partial charge in [0, 0.05) is 7.05 Å². The van der Waals surface area contributed by atoms with Crippen LogP contribution >= 0.6 is 47.2 Å². The molecule has 0 amide bonds. The number of alkyl halides is 3. The minimum absolute atomic E-state index is 0. The number of amidine groups is 1. The van der Waals surface area contributed by atoms with Crippen molar-refractivity contribution in [3.8, 4) is 0 Å². The predicted molar refractivity (Wildman–Crippen MR) is 45.1 cm³/mol. The van der Waals surface area contributed by atoms with Gasteiger partial charge in [0.1, 0.15) is 5.84 Å². The Bertz CT molecular complexity index is 105. The lowest BCUT2D eigenvalue weighted by atomic mass is 10.7. The third-order valence-electron chi connectivity index (χ3n) is 0.531. The van der Waals surface area contributed by atoms with E-state index in [0.29, 0.717) is 0 Å². The van der Waals surface area contributed by atoms with Crippen molar-refractivity contribution in [1.29, 1.82) is 0 Å². The molecule has 0 aromatic carbocycles. The summed E-state index contributed by atoms with van der Waals surface area (Å²) in [7, 11) is 1.46. The Hall–Kier alpha value is 0.630. The Morgan fingerprint density at radius 2 is 1.78 bits per heavy atom. The van der Waals surface area contributed by atoms with Crippen LogP contribution in [0.15, 0.2) is 4.99 Å². The minimum atomic E-state index is -1.55. The highest BCUT2D eigenvalue weighted by atomic mass is 35.6. The zero-order valence-corrected chi connectivity index (χ0v) is 7.65. The molecule has 0 aliphatic rings. The summed E-state index contributed by atoms with van der Waals surface area (Å²) in [5.41, 5.74) is 5.10. The third kappa shape index (κ3) is 5.09. The first-order valence-corrected chi connectivity index (χ1v) is 2.91. The molecule has 6 heteroatoms. The lowest BCUT2D eigenvalue weighted by Crippen LogP contribution is -2.27. The fourth-order valence-electron chi connectivity index (χ4n) is 0.127. The highest BCUT2D eigenvalue weighted by Gasteiger charge is 2.23. The first-order chi connectivity index (χ1) is 3.48. The molecule has 0 unspecified atom stereocenters. The normalized spacial score (nSPS) is 12.7. The monoisotopic (exact) mass is 210 g/mol. The standard InChI is InChI=1S/C3H5Cl3N2.ClH/c1-8-2(7)3(4,5)6;/h1H3,(H2,7,8);1H. The van der Waals surface area contributed by atoms with Crippen molar-refractivity contribution in [2.75, 3.05) is 7.05 Å². The average Bonchev–Trinajstić information content (AvgIpc) is 1.62. The number of nitrogens with two attached hydrogens (primary N) is 1. The molecule has 0 saturated heterocycles. The number of aliphatic imine (C=N–C) groups is 1. The van der Waals surface area contributed by atoms with Crippen LogP contribution in [0.25, 0.3) is 0 Å². The van der Waals surface area contributed by atoms with Crippen molar-refractivity contribution in [3.63, 3.8) is 0 Å². The Balaban J connectivity index is 0. The van der Waals surface area contributed by atoms with Gasteiger partial charge in [-0.25, -0.2) is 0 Å². The molecule has 0 heterocycles. The molecule has 0 aromatic heterocycles. The van der Waals surface area contributed by atoms with Crippen LogP contribution in [0.4, 0.5) is 0 Å². The fraction of sp³-hybridized carbons (Fsp3) is 0.667. The van der Waals surface area contributed by atoms with Gasteiger partial charge in [-0.05, 0) is 0 Å². The highest BCUT2D eigenvalue weighted by molar-refractivity contribution is 6.76. The van der Waals surface area contributed by atoms with Gasteiger partial charge < -0.3 is 5.73 Å². The summed E-state index contributed by atoms with van der Waals surface area (Å²) in [6.45, 7) is 0. The molecule has 0 aliphatic carbocycles. The van der Waals surface area contributed by atoms with E-state index in [-0.39, 0.29) is 18.2 Å². The lowest BCUT2D eigenvalue weighted by Gasteiger charge is -2.07. The summed E-state index contributed by atoms with van der Waals surface area (Å²) >= 11 is 15.8. The van der Waals surface area contributed by atoms with E-state index in [1.807, 2.05) is 0 Å². The zero-order chi connectivity index (χ0) is 6.78. The molecule has 0 saturated carbocycles. The summed E-state index contributed by atoms with van der Waals surface area (Å²) in [5, 5.41) is 0. The van der Waals surface area contributed by atoms with Gasteiger partial charge in [-0.1, -0.05) is 34.8 Å². The number of nitrogens with zero attached hydrogens (tertiary/aromatic N) is 1. The SMILES string of the molecule is CN=C(N)C(Cl)(Cl)Cl.Cl. The summed E-state index contributed by atoms with van der Waals surface area (Å²) in [6, 6.07) is 0. The summed E-state index contributed by atoms with van der Waals surface area (Å²) < 4.78 is -1.55. The van der Waals surface area contributed by atoms with Crippen LogP contribution in [0, 0.1) is 0 Å². The van der Waals surface area contributed by atoms with Gasteiger partial charge in [-0.2, -0.15) is 0 Å². The molecule has 2 N–H and O–H groups in total. The number of halogens is 4. The quantitative estimate of drug-likeness (QED) is 0.370. The van der Waals surface area contributed by atoms with Crippen molar-refractivity contribution in [2.24, 2.45) is 10.7 Å². The van der Waals surface area contributed by atoms with Crippen LogP contribution in [0.2, 0.25) is 0 Å². The summed E-state index contributed by atoms with van der Waals surface area (Å²) in [4.78, 5) is 3.46. The van der Waals surface area contributed by atoms with Crippen LogP contribution in [0.3, 0.4) is 0 Å². The largest absolute Gasteiger partial charge is 0.384 e. The molecule has 9 heavy (non-hydrogen) atoms. The van der Waals surface area contributed by atoms with Gasteiger partial charge in [0.15, 0.2) is 0 Å². The van der Waals surface area contributed by atoms with Gasteiger partial charge in [-0.15, -0.1) is 12.4 Å². The van der Waals surface area contributed by atoms with Gasteiger partial charge in [0.25, 0.3) is 0 Å². The molecule has 0 radical (unpaired) electrons. The van der Waals surface area contributed by atoms with Crippen molar-refractivity contribution < 1.29 is 0 Å². The molecular formula is C3H6Cl4N2. The van der Waals surface area contributed by atoms with E-state index in [4.69, 9.17) is 40.5 Å². The lowest BCUT2D eigenvalue weighted by molar-refractivity contribution is 1.33. The smallest absolute Gasteiger partial charge is 0.247 e. The highest BCUT2D eigenvalue weighted by Crippen LogP contribution is 2.25. The van der Waals surface area contributed by atoms with Gasteiger partial charge >= 0.3 is 0 Å². The molecule has 0 bridgehead atoms. The maximum atomic E-state index is 5.26. The maximum Gasteiger partial charge on any atom is 0.247 e. The Labute approximate surface area is 74.8 Å². The Morgan fingerprint density at radius 3 is 1.78 bits per heavy atom. The fourth-order valence-corrected chi connectivity index (χ4v) is 0.380. The van der Waals surface area contributed by atoms with Crippen LogP contribution in [0.1, 0.15) is 0 Å². The molecule has 0 fully saturated rings. The van der Waals surface area contributed by atoms with Crippen LogP contribution in [0.5, 0.6) is 0 Å². The minimum Gasteiger partial charge on any atom is -0.384 e. The van der Waals surface area contributed by atoms with Crippen LogP contribution in [-0.4, -0.2) is 16.7 Å². The Kier molecular flexibility index (Phi) is 6.09. The molecule has 0 rings (SSSR count). The second-order valence-corrected chi connectivity index (χ2v) is 3.39. The van der Waals surface area contributed by atoms with E-state index < -0.39 is 3.79 Å². The molecular weight excluding hydrogens is 206 g/mol. The number of hydrogen-bond donors (Lipinski definition) is 1. The summed E-state index contributed by atoms with van der Waals surface area (Å²) in [5.74, 6) is 0.00231. The molecule has 0 aromatic rings. The molecule has 0 aliphatic heterocycles. The molecule has 2 nitrogen and oxygen atoms in total. The van der Waals surface area contributed by atoms with E-state index >= 15 is 0 Å². The third-order valence-corrected chi connectivity index (χ3v) is 1.11.